The zero-order valence-electron chi connectivity index (χ0n) is 19.0. The van der Waals surface area contributed by atoms with Gasteiger partial charge in [-0.1, -0.05) is 18.2 Å². The van der Waals surface area contributed by atoms with Crippen molar-refractivity contribution in [3.05, 3.63) is 71.5 Å². The lowest BCUT2D eigenvalue weighted by Crippen LogP contribution is -2.30. The average Bonchev–Trinajstić information content (AvgIpc) is 3.22. The van der Waals surface area contributed by atoms with Gasteiger partial charge in [0, 0.05) is 12.7 Å². The van der Waals surface area contributed by atoms with Gasteiger partial charge in [-0.2, -0.15) is 18.3 Å². The number of nitrogens with one attached hydrogen (secondary N) is 2. The quantitative estimate of drug-likeness (QED) is 0.376. The number of ether oxygens (including phenoxy) is 2. The molecular formula is C24H27F3N4O2S. The fourth-order valence-electron chi connectivity index (χ4n) is 3.29. The molecule has 34 heavy (non-hydrogen) atoms. The smallest absolute Gasteiger partial charge is 0.416 e. The van der Waals surface area contributed by atoms with Crippen molar-refractivity contribution in [2.24, 2.45) is 0 Å². The van der Waals surface area contributed by atoms with E-state index >= 15 is 0 Å². The number of alkyl halides is 3. The zero-order valence-corrected chi connectivity index (χ0v) is 19.8. The zero-order chi connectivity index (χ0) is 24.6. The highest BCUT2D eigenvalue weighted by Crippen LogP contribution is 2.30. The summed E-state index contributed by atoms with van der Waals surface area (Å²) < 4.78 is 51.5. The SMILES string of the molecule is CCOc1ccc(CCNC(=S)Nc2cnn(Cc3cccc(C(F)(F)F)c3)c2)cc1OCC. The van der Waals surface area contributed by atoms with Gasteiger partial charge in [0.1, 0.15) is 0 Å². The fourth-order valence-corrected chi connectivity index (χ4v) is 3.51. The van der Waals surface area contributed by atoms with Crippen LogP contribution in [0, 0.1) is 0 Å². The van der Waals surface area contributed by atoms with Gasteiger partial charge in [-0.15, -0.1) is 0 Å². The van der Waals surface area contributed by atoms with Crippen LogP contribution in [0.25, 0.3) is 0 Å². The van der Waals surface area contributed by atoms with Gasteiger partial charge in [0.25, 0.3) is 0 Å². The Balaban J connectivity index is 1.49. The molecule has 182 valence electrons. The molecular weight excluding hydrogens is 465 g/mol. The Morgan fingerprint density at radius 3 is 2.53 bits per heavy atom. The highest BCUT2D eigenvalue weighted by atomic mass is 32.1. The van der Waals surface area contributed by atoms with E-state index in [1.807, 2.05) is 32.0 Å². The summed E-state index contributed by atoms with van der Waals surface area (Å²) in [5.74, 6) is 1.44. The summed E-state index contributed by atoms with van der Waals surface area (Å²) in [5.41, 5.74) is 1.55. The molecule has 0 aliphatic rings. The summed E-state index contributed by atoms with van der Waals surface area (Å²) >= 11 is 5.34. The van der Waals surface area contributed by atoms with Crippen molar-refractivity contribution in [3.8, 4) is 11.5 Å². The van der Waals surface area contributed by atoms with Gasteiger partial charge in [-0.05, 0) is 67.9 Å². The molecule has 0 unspecified atom stereocenters. The molecule has 6 nitrogen and oxygen atoms in total. The van der Waals surface area contributed by atoms with E-state index in [0.717, 1.165) is 35.6 Å². The predicted molar refractivity (Wildman–Crippen MR) is 129 cm³/mol. The molecule has 0 saturated heterocycles. The first-order valence-corrected chi connectivity index (χ1v) is 11.3. The van der Waals surface area contributed by atoms with Crippen LogP contribution in [0.4, 0.5) is 18.9 Å². The molecule has 3 aromatic rings. The Kier molecular flexibility index (Phi) is 8.75. The number of anilines is 1. The first-order valence-electron chi connectivity index (χ1n) is 10.9. The number of halogens is 3. The molecule has 3 rings (SSSR count). The fraction of sp³-hybridized carbons (Fsp3) is 0.333. The van der Waals surface area contributed by atoms with Crippen LogP contribution in [0.3, 0.4) is 0 Å². The molecule has 0 fully saturated rings. The van der Waals surface area contributed by atoms with Crippen LogP contribution in [0.2, 0.25) is 0 Å². The monoisotopic (exact) mass is 492 g/mol. The standard InChI is InChI=1S/C24H27F3N4O2S/c1-3-32-21-9-8-17(13-22(21)33-4-2)10-11-28-23(34)30-20-14-29-31(16-20)15-18-6-5-7-19(12-18)24(25,26)27/h5-9,12-14,16H,3-4,10-11,15H2,1-2H3,(H2,28,30,34). The summed E-state index contributed by atoms with van der Waals surface area (Å²) in [6, 6.07) is 11.1. The molecule has 0 aliphatic heterocycles. The van der Waals surface area contributed by atoms with E-state index in [9.17, 15) is 13.2 Å². The first-order chi connectivity index (χ1) is 16.3. The van der Waals surface area contributed by atoms with Crippen LogP contribution in [0.5, 0.6) is 11.5 Å². The number of aromatic nitrogens is 2. The van der Waals surface area contributed by atoms with Crippen molar-refractivity contribution >= 4 is 23.0 Å². The van der Waals surface area contributed by atoms with E-state index in [1.165, 1.54) is 6.07 Å². The third-order valence-electron chi connectivity index (χ3n) is 4.80. The molecule has 10 heteroatoms. The summed E-state index contributed by atoms with van der Waals surface area (Å²) in [6.07, 6.45) is -0.388. The molecule has 2 aromatic carbocycles. The summed E-state index contributed by atoms with van der Waals surface area (Å²) in [7, 11) is 0. The summed E-state index contributed by atoms with van der Waals surface area (Å²) in [5, 5.41) is 10.8. The van der Waals surface area contributed by atoms with Crippen molar-refractivity contribution in [2.45, 2.75) is 33.0 Å². The van der Waals surface area contributed by atoms with Crippen LogP contribution in [0.1, 0.15) is 30.5 Å². The first kappa shape index (κ1) is 25.4. The largest absolute Gasteiger partial charge is 0.490 e. The molecule has 0 radical (unpaired) electrons. The Bertz CT molecular complexity index is 1100. The molecule has 0 saturated carbocycles. The van der Waals surface area contributed by atoms with E-state index < -0.39 is 11.7 Å². The highest BCUT2D eigenvalue weighted by Gasteiger charge is 2.30. The second-order valence-electron chi connectivity index (χ2n) is 7.40. The number of rotatable bonds is 10. The number of nitrogens with zero attached hydrogens (tertiary/aromatic N) is 2. The molecule has 2 N–H and O–H groups in total. The van der Waals surface area contributed by atoms with Crippen molar-refractivity contribution in [2.75, 3.05) is 25.1 Å². The molecule has 1 heterocycles. The van der Waals surface area contributed by atoms with Gasteiger partial charge in [0.05, 0.1) is 37.2 Å². The van der Waals surface area contributed by atoms with E-state index in [4.69, 9.17) is 21.7 Å². The van der Waals surface area contributed by atoms with Gasteiger partial charge >= 0.3 is 6.18 Å². The molecule has 0 aliphatic carbocycles. The summed E-state index contributed by atoms with van der Waals surface area (Å²) in [6.45, 7) is 5.79. The van der Waals surface area contributed by atoms with Gasteiger partial charge < -0.3 is 20.1 Å². The molecule has 0 atom stereocenters. The maximum Gasteiger partial charge on any atom is 0.416 e. The lowest BCUT2D eigenvalue weighted by atomic mass is 10.1. The highest BCUT2D eigenvalue weighted by molar-refractivity contribution is 7.80. The van der Waals surface area contributed by atoms with E-state index in [1.54, 1.807) is 23.1 Å². The van der Waals surface area contributed by atoms with Crippen LogP contribution >= 0.6 is 12.2 Å². The van der Waals surface area contributed by atoms with Crippen molar-refractivity contribution in [1.82, 2.24) is 15.1 Å². The van der Waals surface area contributed by atoms with Crippen LogP contribution < -0.4 is 20.1 Å². The maximum atomic E-state index is 12.9. The topological polar surface area (TPSA) is 60.3 Å². The Hall–Kier alpha value is -3.27. The lowest BCUT2D eigenvalue weighted by Gasteiger charge is -2.13. The van der Waals surface area contributed by atoms with Crippen LogP contribution in [-0.2, 0) is 19.1 Å². The normalized spacial score (nSPS) is 11.2. The summed E-state index contributed by atoms with van der Waals surface area (Å²) in [4.78, 5) is 0. The number of hydrogen-bond acceptors (Lipinski definition) is 4. The van der Waals surface area contributed by atoms with E-state index in [2.05, 4.69) is 15.7 Å². The average molecular weight is 493 g/mol. The molecule has 0 spiro atoms. The van der Waals surface area contributed by atoms with Gasteiger partial charge in [-0.25, -0.2) is 0 Å². The van der Waals surface area contributed by atoms with Gasteiger partial charge in [0.15, 0.2) is 16.6 Å². The molecule has 0 amide bonds. The number of hydrogen-bond donors (Lipinski definition) is 2. The maximum absolute atomic E-state index is 12.9. The third kappa shape index (κ3) is 7.38. The minimum absolute atomic E-state index is 0.214. The molecule has 0 bridgehead atoms. The number of benzene rings is 2. The van der Waals surface area contributed by atoms with Crippen molar-refractivity contribution < 1.29 is 22.6 Å². The second kappa shape index (κ2) is 11.7. The second-order valence-corrected chi connectivity index (χ2v) is 7.81. The Labute approximate surface area is 202 Å². The number of thiocarbonyl (C=S) groups is 1. The van der Waals surface area contributed by atoms with E-state index in [-0.39, 0.29) is 6.54 Å². The molecule has 1 aromatic heterocycles. The minimum atomic E-state index is -4.37. The van der Waals surface area contributed by atoms with Crippen LogP contribution in [-0.4, -0.2) is 34.7 Å². The van der Waals surface area contributed by atoms with Crippen molar-refractivity contribution in [1.29, 1.82) is 0 Å². The van der Waals surface area contributed by atoms with Gasteiger partial charge in [-0.3, -0.25) is 4.68 Å². The minimum Gasteiger partial charge on any atom is -0.490 e. The van der Waals surface area contributed by atoms with Gasteiger partial charge in [0.2, 0.25) is 0 Å². The van der Waals surface area contributed by atoms with E-state index in [0.29, 0.717) is 36.1 Å². The van der Waals surface area contributed by atoms with Crippen LogP contribution in [0.15, 0.2) is 54.9 Å². The van der Waals surface area contributed by atoms with Crippen molar-refractivity contribution in [3.63, 3.8) is 0 Å². The predicted octanol–water partition coefficient (Wildman–Crippen LogP) is 5.28. The lowest BCUT2D eigenvalue weighted by molar-refractivity contribution is -0.137. The third-order valence-corrected chi connectivity index (χ3v) is 5.04. The Morgan fingerprint density at radius 1 is 1.03 bits per heavy atom. The Morgan fingerprint density at radius 2 is 1.79 bits per heavy atom.